The molecule has 4 aromatic carbocycles. The molecule has 0 aliphatic rings. The van der Waals surface area contributed by atoms with Crippen molar-refractivity contribution in [2.45, 2.75) is 24.4 Å². The normalized spacial score (nSPS) is 12.6. The number of nitrogens with one attached hydrogen (secondary N) is 1. The minimum atomic E-state index is -3.90. The molecule has 0 aliphatic heterocycles. The van der Waals surface area contributed by atoms with Crippen molar-refractivity contribution in [3.63, 3.8) is 0 Å². The van der Waals surface area contributed by atoms with Crippen LogP contribution in [0.3, 0.4) is 0 Å². The van der Waals surface area contributed by atoms with E-state index in [1.54, 1.807) is 22.8 Å². The number of aromatic nitrogens is 1. The van der Waals surface area contributed by atoms with Gasteiger partial charge in [0.2, 0.25) is 10.0 Å². The van der Waals surface area contributed by atoms with E-state index >= 15 is 0 Å². The maximum absolute atomic E-state index is 13.5. The van der Waals surface area contributed by atoms with Gasteiger partial charge in [-0.1, -0.05) is 101 Å². The summed E-state index contributed by atoms with van der Waals surface area (Å²) < 4.78 is 32.1. The molecule has 5 rings (SSSR count). The van der Waals surface area contributed by atoms with Gasteiger partial charge in [-0.25, -0.2) is 8.42 Å². The van der Waals surface area contributed by atoms with E-state index in [9.17, 15) is 13.2 Å². The number of thiazole rings is 1. The summed E-state index contributed by atoms with van der Waals surface area (Å²) in [6.07, 6.45) is 0. The van der Waals surface area contributed by atoms with E-state index in [1.165, 1.54) is 6.07 Å². The third-order valence-corrected chi connectivity index (χ3v) is 8.78. The second-order valence-electron chi connectivity index (χ2n) is 8.55. The van der Waals surface area contributed by atoms with E-state index in [4.69, 9.17) is 11.6 Å². The molecule has 0 spiro atoms. The Morgan fingerprint density at radius 1 is 0.889 bits per heavy atom. The van der Waals surface area contributed by atoms with Crippen molar-refractivity contribution in [2.24, 2.45) is 0 Å². The smallest absolute Gasteiger partial charge is 0.294 e. The average molecular weight is 535 g/mol. The Hall–Kier alpha value is -3.23. The molecule has 0 saturated heterocycles. The van der Waals surface area contributed by atoms with Gasteiger partial charge in [-0.3, -0.25) is 9.36 Å². The summed E-state index contributed by atoms with van der Waals surface area (Å²) in [5.41, 5.74) is 4.26. The van der Waals surface area contributed by atoms with Crippen molar-refractivity contribution >= 4 is 43.2 Å². The van der Waals surface area contributed by atoms with E-state index in [1.807, 2.05) is 79.7 Å². The fourth-order valence-corrected chi connectivity index (χ4v) is 6.56. The molecule has 5 aromatic rings. The van der Waals surface area contributed by atoms with Crippen molar-refractivity contribution in [3.8, 4) is 0 Å². The zero-order chi connectivity index (χ0) is 25.3. The third kappa shape index (κ3) is 5.01. The monoisotopic (exact) mass is 534 g/mol. The highest BCUT2D eigenvalue weighted by molar-refractivity contribution is 7.89. The van der Waals surface area contributed by atoms with E-state index in [0.29, 0.717) is 21.8 Å². The Balaban J connectivity index is 1.50. The Kier molecular flexibility index (Phi) is 6.81. The highest BCUT2D eigenvalue weighted by atomic mass is 35.5. The lowest BCUT2D eigenvalue weighted by Crippen LogP contribution is -2.29. The molecule has 0 unspecified atom stereocenters. The van der Waals surface area contributed by atoms with Crippen molar-refractivity contribution in [2.75, 3.05) is 0 Å². The fraction of sp³-hybridized carbons (Fsp3) is 0.107. The first kappa shape index (κ1) is 24.5. The molecule has 1 aromatic heterocycles. The van der Waals surface area contributed by atoms with Gasteiger partial charge in [0, 0.05) is 5.02 Å². The summed E-state index contributed by atoms with van der Waals surface area (Å²) in [4.78, 5) is 12.7. The Morgan fingerprint density at radius 2 is 1.56 bits per heavy atom. The molecule has 0 aliphatic carbocycles. The van der Waals surface area contributed by atoms with Crippen LogP contribution in [0.5, 0.6) is 0 Å². The molecule has 8 heteroatoms. The molecule has 0 fully saturated rings. The average Bonchev–Trinajstić information content (AvgIpc) is 3.19. The van der Waals surface area contributed by atoms with Gasteiger partial charge in [0.05, 0.1) is 27.7 Å². The standard InChI is InChI=1S/C28H23ClN2O3S2/c1-19-11-13-21(14-12-19)27(20-7-3-2-4-8-20)30-36(33,34)23-15-16-25-26(17-23)35-28(32)31(25)18-22-9-5-6-10-24(22)29/h2-17,27,30H,18H2,1H3/t27-/m0/s1. The first-order valence-electron chi connectivity index (χ1n) is 11.3. The molecule has 5 nitrogen and oxygen atoms in total. The van der Waals surface area contributed by atoms with Gasteiger partial charge in [-0.05, 0) is 47.9 Å². The predicted octanol–water partition coefficient (Wildman–Crippen LogP) is 6.14. The van der Waals surface area contributed by atoms with Crippen LogP contribution in [0.4, 0.5) is 0 Å². The summed E-state index contributed by atoms with van der Waals surface area (Å²) in [5, 5.41) is 0.579. The van der Waals surface area contributed by atoms with Gasteiger partial charge < -0.3 is 0 Å². The number of nitrogens with zero attached hydrogens (tertiary/aromatic N) is 1. The molecule has 1 N–H and O–H groups in total. The highest BCUT2D eigenvalue weighted by Gasteiger charge is 2.24. The van der Waals surface area contributed by atoms with E-state index < -0.39 is 16.1 Å². The first-order valence-corrected chi connectivity index (χ1v) is 14.0. The van der Waals surface area contributed by atoms with E-state index in [0.717, 1.165) is 33.6 Å². The van der Waals surface area contributed by atoms with Gasteiger partial charge in [-0.15, -0.1) is 0 Å². The number of hydrogen-bond donors (Lipinski definition) is 1. The molecule has 0 saturated carbocycles. The third-order valence-electron chi connectivity index (χ3n) is 6.05. The summed E-state index contributed by atoms with van der Waals surface area (Å²) in [7, 11) is -3.90. The Bertz CT molecular complexity index is 1690. The van der Waals surface area contributed by atoms with Gasteiger partial charge in [0.25, 0.3) is 0 Å². The molecule has 182 valence electrons. The second-order valence-corrected chi connectivity index (χ2v) is 11.7. The number of aryl methyl sites for hydroxylation is 1. The molecular formula is C28H23ClN2O3S2. The van der Waals surface area contributed by atoms with Crippen LogP contribution in [-0.2, 0) is 16.6 Å². The molecule has 1 atom stereocenters. The molecule has 0 bridgehead atoms. The molecule has 36 heavy (non-hydrogen) atoms. The summed E-state index contributed by atoms with van der Waals surface area (Å²) in [6.45, 7) is 2.30. The fourth-order valence-electron chi connectivity index (χ4n) is 4.12. The van der Waals surface area contributed by atoms with Crippen LogP contribution in [0.15, 0.2) is 107 Å². The summed E-state index contributed by atoms with van der Waals surface area (Å²) in [6, 6.07) is 28.8. The molecule has 0 radical (unpaired) electrons. The maximum Gasteiger partial charge on any atom is 0.308 e. The van der Waals surface area contributed by atoms with Crippen molar-refractivity contribution < 1.29 is 8.42 Å². The van der Waals surface area contributed by atoms with Gasteiger partial charge >= 0.3 is 4.87 Å². The molecular weight excluding hydrogens is 512 g/mol. The largest absolute Gasteiger partial charge is 0.308 e. The summed E-state index contributed by atoms with van der Waals surface area (Å²) in [5.74, 6) is 0. The topological polar surface area (TPSA) is 68.2 Å². The predicted molar refractivity (Wildman–Crippen MR) is 146 cm³/mol. The second kappa shape index (κ2) is 10.0. The van der Waals surface area contributed by atoms with Gasteiger partial charge in [-0.2, -0.15) is 4.72 Å². The lowest BCUT2D eigenvalue weighted by Gasteiger charge is -2.20. The van der Waals surface area contributed by atoms with Crippen LogP contribution in [0.2, 0.25) is 5.02 Å². The lowest BCUT2D eigenvalue weighted by molar-refractivity contribution is 0.572. The van der Waals surface area contributed by atoms with Crippen LogP contribution in [0.25, 0.3) is 10.2 Å². The number of sulfonamides is 1. The first-order chi connectivity index (χ1) is 17.3. The number of hydrogen-bond acceptors (Lipinski definition) is 4. The van der Waals surface area contributed by atoms with Gasteiger partial charge in [0.1, 0.15) is 0 Å². The Labute approximate surface area is 218 Å². The minimum Gasteiger partial charge on any atom is -0.294 e. The number of benzene rings is 4. The molecule has 0 amide bonds. The van der Waals surface area contributed by atoms with E-state index in [2.05, 4.69) is 4.72 Å². The quantitative estimate of drug-likeness (QED) is 0.272. The van der Waals surface area contributed by atoms with Crippen molar-refractivity contribution in [1.82, 2.24) is 9.29 Å². The van der Waals surface area contributed by atoms with Crippen molar-refractivity contribution in [1.29, 1.82) is 0 Å². The number of fused-ring (bicyclic) bond motifs is 1. The van der Waals surface area contributed by atoms with Crippen LogP contribution in [0.1, 0.15) is 28.3 Å². The highest BCUT2D eigenvalue weighted by Crippen LogP contribution is 2.28. The van der Waals surface area contributed by atoms with E-state index in [-0.39, 0.29) is 9.77 Å². The van der Waals surface area contributed by atoms with Crippen LogP contribution in [-0.4, -0.2) is 13.0 Å². The lowest BCUT2D eigenvalue weighted by atomic mass is 9.99. The SMILES string of the molecule is Cc1ccc([C@@H](NS(=O)(=O)c2ccc3c(c2)sc(=O)n3Cc2ccccc2Cl)c2ccccc2)cc1. The maximum atomic E-state index is 13.5. The summed E-state index contributed by atoms with van der Waals surface area (Å²) >= 11 is 7.31. The number of rotatable bonds is 7. The zero-order valence-corrected chi connectivity index (χ0v) is 21.8. The van der Waals surface area contributed by atoms with Crippen LogP contribution < -0.4 is 9.60 Å². The number of halogens is 1. The molecule has 1 heterocycles. The van der Waals surface area contributed by atoms with Crippen molar-refractivity contribution in [3.05, 3.63) is 134 Å². The van der Waals surface area contributed by atoms with Crippen LogP contribution >= 0.6 is 22.9 Å². The minimum absolute atomic E-state index is 0.106. The zero-order valence-electron chi connectivity index (χ0n) is 19.4. The van der Waals surface area contributed by atoms with Gasteiger partial charge in [0.15, 0.2) is 0 Å². The Morgan fingerprint density at radius 3 is 2.28 bits per heavy atom. The van der Waals surface area contributed by atoms with Crippen LogP contribution in [0, 0.1) is 6.92 Å².